The van der Waals surface area contributed by atoms with Crippen molar-refractivity contribution in [3.63, 3.8) is 0 Å². The van der Waals surface area contributed by atoms with Crippen LogP contribution in [0.3, 0.4) is 0 Å². The van der Waals surface area contributed by atoms with Crippen LogP contribution in [-0.4, -0.2) is 38.2 Å². The van der Waals surface area contributed by atoms with E-state index in [2.05, 4.69) is 86.5 Å². The molecule has 2 aromatic carbocycles. The lowest BCUT2D eigenvalue weighted by Crippen LogP contribution is -2.67. The molecule has 0 N–H and O–H groups in total. The molecule has 2 saturated heterocycles. The van der Waals surface area contributed by atoms with Crippen LogP contribution in [-0.2, 0) is 9.26 Å². The smallest absolute Gasteiger partial charge is 0.261 e. The van der Waals surface area contributed by atoms with Crippen molar-refractivity contribution in [1.29, 1.82) is 0 Å². The molecule has 31 heavy (non-hydrogen) atoms. The molecule has 3 aliphatic rings. The summed E-state index contributed by atoms with van der Waals surface area (Å²) in [6.07, 6.45) is 7.80. The van der Waals surface area contributed by atoms with Crippen molar-refractivity contribution in [1.82, 2.24) is 5.06 Å². The second kappa shape index (κ2) is 8.15. The molecule has 4 heteroatoms. The summed E-state index contributed by atoms with van der Waals surface area (Å²) >= 11 is 0. The molecule has 1 saturated carbocycles. The molecule has 3 fully saturated rings. The summed E-state index contributed by atoms with van der Waals surface area (Å²) in [6, 6.07) is 22.4. The van der Waals surface area contributed by atoms with Gasteiger partial charge in [-0.05, 0) is 41.1 Å². The molecule has 0 amide bonds. The van der Waals surface area contributed by atoms with Gasteiger partial charge in [-0.3, -0.25) is 4.84 Å². The minimum Gasteiger partial charge on any atom is -0.406 e. The molecule has 0 aromatic heterocycles. The highest BCUT2D eigenvalue weighted by Crippen LogP contribution is 2.52. The average molecular weight is 436 g/mol. The molecular formula is C27H37NO2Si. The van der Waals surface area contributed by atoms with Crippen LogP contribution in [0, 0.1) is 5.92 Å². The largest absolute Gasteiger partial charge is 0.406 e. The molecule has 0 unspecified atom stereocenters. The first kappa shape index (κ1) is 21.4. The Bertz CT molecular complexity index is 842. The van der Waals surface area contributed by atoms with E-state index in [-0.39, 0.29) is 10.6 Å². The predicted molar refractivity (Wildman–Crippen MR) is 129 cm³/mol. The quantitative estimate of drug-likeness (QED) is 0.624. The van der Waals surface area contributed by atoms with Gasteiger partial charge in [0.05, 0.1) is 24.8 Å². The highest BCUT2D eigenvalue weighted by atomic mass is 28.4. The Balaban J connectivity index is 1.48. The molecule has 0 radical (unpaired) electrons. The van der Waals surface area contributed by atoms with E-state index in [4.69, 9.17) is 9.26 Å². The molecule has 2 heterocycles. The molecule has 1 spiro atoms. The normalized spacial score (nSPS) is 29.0. The van der Waals surface area contributed by atoms with Gasteiger partial charge in [-0.2, -0.15) is 5.06 Å². The van der Waals surface area contributed by atoms with Gasteiger partial charge in [-0.1, -0.05) is 94.3 Å². The fourth-order valence-corrected chi connectivity index (χ4v) is 11.3. The Labute approximate surface area is 188 Å². The monoisotopic (exact) mass is 435 g/mol. The van der Waals surface area contributed by atoms with Crippen molar-refractivity contribution in [3.8, 4) is 0 Å². The van der Waals surface area contributed by atoms with E-state index >= 15 is 0 Å². The summed E-state index contributed by atoms with van der Waals surface area (Å²) in [5.74, 6) is 0.721. The molecule has 2 aliphatic heterocycles. The van der Waals surface area contributed by atoms with Gasteiger partial charge in [0.25, 0.3) is 8.32 Å². The van der Waals surface area contributed by atoms with Crippen LogP contribution in [0.5, 0.6) is 0 Å². The van der Waals surface area contributed by atoms with Gasteiger partial charge < -0.3 is 4.43 Å². The summed E-state index contributed by atoms with van der Waals surface area (Å²) < 4.78 is 7.25. The maximum absolute atomic E-state index is 7.25. The van der Waals surface area contributed by atoms with Crippen LogP contribution in [0.1, 0.15) is 59.3 Å². The molecule has 1 aliphatic carbocycles. The summed E-state index contributed by atoms with van der Waals surface area (Å²) in [7, 11) is -2.49. The van der Waals surface area contributed by atoms with Crippen molar-refractivity contribution >= 4 is 18.7 Å². The minimum absolute atomic E-state index is 0.0191. The van der Waals surface area contributed by atoms with E-state index in [1.54, 1.807) is 0 Å². The zero-order valence-electron chi connectivity index (χ0n) is 19.3. The van der Waals surface area contributed by atoms with Crippen LogP contribution in [0.15, 0.2) is 60.7 Å². The number of rotatable bonds is 5. The van der Waals surface area contributed by atoms with Gasteiger partial charge in [-0.15, -0.1) is 0 Å². The lowest BCUT2D eigenvalue weighted by molar-refractivity contribution is -0.178. The lowest BCUT2D eigenvalue weighted by Gasteiger charge is -2.44. The van der Waals surface area contributed by atoms with Gasteiger partial charge in [0.1, 0.15) is 0 Å². The maximum Gasteiger partial charge on any atom is 0.261 e. The number of hydrogen-bond donors (Lipinski definition) is 0. The van der Waals surface area contributed by atoms with Crippen LogP contribution >= 0.6 is 0 Å². The fraction of sp³-hybridized carbons (Fsp3) is 0.556. The first-order valence-corrected chi connectivity index (χ1v) is 14.1. The third kappa shape index (κ3) is 3.43. The zero-order valence-corrected chi connectivity index (χ0v) is 20.3. The maximum atomic E-state index is 7.25. The van der Waals surface area contributed by atoms with Gasteiger partial charge in [0.2, 0.25) is 0 Å². The summed E-state index contributed by atoms with van der Waals surface area (Å²) in [4.78, 5) is 6.36. The minimum atomic E-state index is -2.49. The van der Waals surface area contributed by atoms with E-state index in [0.29, 0.717) is 6.04 Å². The van der Waals surface area contributed by atoms with Crippen molar-refractivity contribution in [2.45, 2.75) is 75.9 Å². The Morgan fingerprint density at radius 1 is 0.935 bits per heavy atom. The molecule has 0 bridgehead atoms. The van der Waals surface area contributed by atoms with E-state index in [0.717, 1.165) is 19.1 Å². The van der Waals surface area contributed by atoms with E-state index in [1.165, 1.54) is 48.9 Å². The van der Waals surface area contributed by atoms with Crippen LogP contribution in [0.4, 0.5) is 0 Å². The topological polar surface area (TPSA) is 21.7 Å². The van der Waals surface area contributed by atoms with Gasteiger partial charge in [0.15, 0.2) is 0 Å². The third-order valence-electron chi connectivity index (χ3n) is 8.18. The molecule has 166 valence electrons. The van der Waals surface area contributed by atoms with E-state index < -0.39 is 8.32 Å². The van der Waals surface area contributed by atoms with Crippen molar-refractivity contribution in [2.24, 2.45) is 5.92 Å². The Hall–Kier alpha value is -1.46. The second-order valence-corrected chi connectivity index (χ2v) is 15.1. The summed E-state index contributed by atoms with van der Waals surface area (Å²) in [5.41, 5.74) is 0.289. The molecule has 3 nitrogen and oxygen atoms in total. The Kier molecular flexibility index (Phi) is 5.62. The average Bonchev–Trinajstić information content (AvgIpc) is 3.31. The van der Waals surface area contributed by atoms with Crippen LogP contribution < -0.4 is 10.4 Å². The number of nitrogens with zero attached hydrogens (tertiary/aromatic N) is 1. The fourth-order valence-electron chi connectivity index (χ4n) is 6.70. The van der Waals surface area contributed by atoms with Crippen molar-refractivity contribution in [3.05, 3.63) is 60.7 Å². The van der Waals surface area contributed by atoms with Crippen LogP contribution in [0.25, 0.3) is 0 Å². The predicted octanol–water partition coefficient (Wildman–Crippen LogP) is 4.90. The SMILES string of the molecule is CC(C)(C)[Si](OC[C@@H]1CC[C@@]23CCCC[C@@H]2CON13)(c1ccccc1)c1ccccc1. The van der Waals surface area contributed by atoms with Crippen LogP contribution in [0.2, 0.25) is 5.04 Å². The lowest BCUT2D eigenvalue weighted by atomic mass is 9.73. The van der Waals surface area contributed by atoms with Gasteiger partial charge in [-0.25, -0.2) is 0 Å². The molecule has 2 aromatic rings. The first-order chi connectivity index (χ1) is 15.0. The highest BCUT2D eigenvalue weighted by molar-refractivity contribution is 6.99. The van der Waals surface area contributed by atoms with E-state index in [9.17, 15) is 0 Å². The zero-order chi connectivity index (χ0) is 21.5. The standard InChI is InChI=1S/C27H37NO2Si/c1-26(2,3)31(24-13-6-4-7-14-24,25-15-8-5-9-16-25)30-21-23-17-19-27-18-11-10-12-22(27)20-29-28(23)27/h4-9,13-16,22-23H,10-12,17-21H2,1-3H3/t22-,23+,27+/m1/s1. The second-order valence-electron chi connectivity index (χ2n) is 10.8. The molecule has 3 atom stereocenters. The number of hydrogen-bond acceptors (Lipinski definition) is 3. The first-order valence-electron chi connectivity index (χ1n) is 12.1. The Morgan fingerprint density at radius 3 is 2.19 bits per heavy atom. The number of benzene rings is 2. The summed E-state index contributed by atoms with van der Waals surface area (Å²) in [5, 5.41) is 5.15. The Morgan fingerprint density at radius 2 is 1.58 bits per heavy atom. The van der Waals surface area contributed by atoms with Gasteiger partial charge >= 0.3 is 0 Å². The highest BCUT2D eigenvalue weighted by Gasteiger charge is 2.58. The molecule has 5 rings (SSSR count). The third-order valence-corrected chi connectivity index (χ3v) is 13.2. The summed E-state index contributed by atoms with van der Waals surface area (Å²) in [6.45, 7) is 8.74. The number of hydroxylamine groups is 2. The van der Waals surface area contributed by atoms with Crippen molar-refractivity contribution in [2.75, 3.05) is 13.2 Å². The van der Waals surface area contributed by atoms with E-state index in [1.807, 2.05) is 0 Å². The van der Waals surface area contributed by atoms with Crippen molar-refractivity contribution < 1.29 is 9.26 Å². The van der Waals surface area contributed by atoms with Gasteiger partial charge in [0, 0.05) is 5.92 Å². The molecular weight excluding hydrogens is 398 g/mol.